The lowest BCUT2D eigenvalue weighted by atomic mass is 9.99. The number of carboxylic acids is 1. The van der Waals surface area contributed by atoms with E-state index in [-0.39, 0.29) is 18.1 Å². The zero-order valence-electron chi connectivity index (χ0n) is 12.8. The van der Waals surface area contributed by atoms with E-state index in [9.17, 15) is 19.8 Å². The molecule has 0 aliphatic heterocycles. The van der Waals surface area contributed by atoms with Crippen LogP contribution in [0.5, 0.6) is 5.75 Å². The van der Waals surface area contributed by atoms with Gasteiger partial charge in [0.25, 0.3) is 0 Å². The Hall–Kier alpha value is -2.82. The number of carbonyl (C=O) groups is 2. The summed E-state index contributed by atoms with van der Waals surface area (Å²) in [6.07, 6.45) is 0.156. The number of rotatable bonds is 6. The molecule has 0 saturated heterocycles. The Kier molecular flexibility index (Phi) is 5.36. The summed E-state index contributed by atoms with van der Waals surface area (Å²) in [6.45, 7) is 1.74. The fourth-order valence-corrected chi connectivity index (χ4v) is 2.26. The van der Waals surface area contributed by atoms with Gasteiger partial charge in [-0.1, -0.05) is 42.5 Å². The molecule has 2 aromatic carbocycles. The van der Waals surface area contributed by atoms with E-state index in [1.165, 1.54) is 12.1 Å². The molecule has 5 nitrogen and oxygen atoms in total. The van der Waals surface area contributed by atoms with Crippen LogP contribution >= 0.6 is 0 Å². The second kappa shape index (κ2) is 7.45. The summed E-state index contributed by atoms with van der Waals surface area (Å²) in [4.78, 5) is 23.7. The van der Waals surface area contributed by atoms with Gasteiger partial charge in [0, 0.05) is 6.42 Å². The molecule has 2 rings (SSSR count). The molecule has 0 spiro atoms. The molecule has 23 heavy (non-hydrogen) atoms. The van der Waals surface area contributed by atoms with Crippen molar-refractivity contribution in [3.05, 3.63) is 65.7 Å². The van der Waals surface area contributed by atoms with Crippen LogP contribution in [0.3, 0.4) is 0 Å². The van der Waals surface area contributed by atoms with E-state index in [1.54, 1.807) is 19.1 Å². The summed E-state index contributed by atoms with van der Waals surface area (Å²) in [5.74, 6) is -1.74. The van der Waals surface area contributed by atoms with E-state index < -0.39 is 17.9 Å². The monoisotopic (exact) mass is 313 g/mol. The first-order valence-electron chi connectivity index (χ1n) is 7.33. The standard InChI is InChI=1S/C18H19NO4/c1-12(14-5-3-2-4-6-14)17(21)19-16(18(22)23)11-13-7-9-15(20)10-8-13/h2-10,12,16,20H,11H2,1H3,(H,19,21)(H,22,23)/t12?,16-/m0/s1. The number of aliphatic carboxylic acids is 1. The van der Waals surface area contributed by atoms with Crippen molar-refractivity contribution in [1.82, 2.24) is 5.32 Å². The van der Waals surface area contributed by atoms with Crippen LogP contribution in [-0.4, -0.2) is 28.1 Å². The van der Waals surface area contributed by atoms with Gasteiger partial charge in [0.1, 0.15) is 11.8 Å². The van der Waals surface area contributed by atoms with Gasteiger partial charge in [-0.25, -0.2) is 4.79 Å². The van der Waals surface area contributed by atoms with Gasteiger partial charge in [0.2, 0.25) is 5.91 Å². The van der Waals surface area contributed by atoms with Crippen LogP contribution in [0.4, 0.5) is 0 Å². The normalized spacial score (nSPS) is 13.1. The number of hydrogen-bond acceptors (Lipinski definition) is 3. The molecule has 1 amide bonds. The lowest BCUT2D eigenvalue weighted by molar-refractivity contribution is -0.141. The molecule has 0 fully saturated rings. The summed E-state index contributed by atoms with van der Waals surface area (Å²) in [5, 5.41) is 21.2. The number of aromatic hydroxyl groups is 1. The predicted octanol–water partition coefficient (Wildman–Crippen LogP) is 2.31. The molecule has 120 valence electrons. The lowest BCUT2D eigenvalue weighted by Crippen LogP contribution is -2.44. The maximum Gasteiger partial charge on any atom is 0.326 e. The highest BCUT2D eigenvalue weighted by Crippen LogP contribution is 2.16. The molecule has 0 bridgehead atoms. The van der Waals surface area contributed by atoms with Gasteiger partial charge in [-0.2, -0.15) is 0 Å². The fraction of sp³-hybridized carbons (Fsp3) is 0.222. The number of phenols is 1. The van der Waals surface area contributed by atoms with Crippen LogP contribution in [0.25, 0.3) is 0 Å². The van der Waals surface area contributed by atoms with E-state index in [2.05, 4.69) is 5.32 Å². The van der Waals surface area contributed by atoms with Crippen molar-refractivity contribution >= 4 is 11.9 Å². The van der Waals surface area contributed by atoms with Gasteiger partial charge in [-0.3, -0.25) is 4.79 Å². The van der Waals surface area contributed by atoms with Crippen molar-refractivity contribution < 1.29 is 19.8 Å². The molecular weight excluding hydrogens is 294 g/mol. The Morgan fingerprint density at radius 2 is 1.65 bits per heavy atom. The molecule has 0 saturated carbocycles. The largest absolute Gasteiger partial charge is 0.508 e. The molecule has 1 unspecified atom stereocenters. The van der Waals surface area contributed by atoms with Gasteiger partial charge in [0.05, 0.1) is 5.92 Å². The molecule has 2 aromatic rings. The van der Waals surface area contributed by atoms with E-state index >= 15 is 0 Å². The number of carboxylic acid groups (broad SMARTS) is 1. The molecule has 3 N–H and O–H groups in total. The quantitative estimate of drug-likeness (QED) is 0.764. The van der Waals surface area contributed by atoms with Gasteiger partial charge in [0.15, 0.2) is 0 Å². The van der Waals surface area contributed by atoms with Crippen LogP contribution in [-0.2, 0) is 16.0 Å². The molecule has 0 aromatic heterocycles. The maximum atomic E-state index is 12.3. The molecule has 5 heteroatoms. The van der Waals surface area contributed by atoms with Crippen molar-refractivity contribution in [2.24, 2.45) is 0 Å². The van der Waals surface area contributed by atoms with Crippen molar-refractivity contribution in [2.45, 2.75) is 25.3 Å². The molecule has 0 radical (unpaired) electrons. The highest BCUT2D eigenvalue weighted by Gasteiger charge is 2.24. The van der Waals surface area contributed by atoms with Crippen LogP contribution in [0.1, 0.15) is 24.0 Å². The third kappa shape index (κ3) is 4.57. The second-order valence-corrected chi connectivity index (χ2v) is 5.40. The number of nitrogens with one attached hydrogen (secondary N) is 1. The number of benzene rings is 2. The summed E-state index contributed by atoms with van der Waals surface area (Å²) < 4.78 is 0. The number of carbonyl (C=O) groups excluding carboxylic acids is 1. The minimum Gasteiger partial charge on any atom is -0.508 e. The predicted molar refractivity (Wildman–Crippen MR) is 86.2 cm³/mol. The fourth-order valence-electron chi connectivity index (χ4n) is 2.26. The van der Waals surface area contributed by atoms with Crippen LogP contribution in [0, 0.1) is 0 Å². The van der Waals surface area contributed by atoms with E-state index in [4.69, 9.17) is 0 Å². The molecular formula is C18H19NO4. The van der Waals surface area contributed by atoms with Crippen molar-refractivity contribution in [2.75, 3.05) is 0 Å². The summed E-state index contributed by atoms with van der Waals surface area (Å²) >= 11 is 0. The van der Waals surface area contributed by atoms with Crippen LogP contribution in [0.15, 0.2) is 54.6 Å². The van der Waals surface area contributed by atoms with Gasteiger partial charge >= 0.3 is 5.97 Å². The molecule has 0 aliphatic carbocycles. The Bertz CT molecular complexity index is 667. The van der Waals surface area contributed by atoms with Gasteiger partial charge < -0.3 is 15.5 Å². The van der Waals surface area contributed by atoms with E-state index in [0.717, 1.165) is 11.1 Å². The minimum atomic E-state index is -1.09. The summed E-state index contributed by atoms with van der Waals surface area (Å²) in [5.41, 5.74) is 1.56. The van der Waals surface area contributed by atoms with E-state index in [0.29, 0.717) is 0 Å². The van der Waals surface area contributed by atoms with Crippen molar-refractivity contribution in [1.29, 1.82) is 0 Å². The topological polar surface area (TPSA) is 86.6 Å². The zero-order chi connectivity index (χ0) is 16.8. The summed E-state index contributed by atoms with van der Waals surface area (Å²) in [6, 6.07) is 14.4. The highest BCUT2D eigenvalue weighted by molar-refractivity contribution is 5.87. The Morgan fingerprint density at radius 1 is 1.04 bits per heavy atom. The smallest absolute Gasteiger partial charge is 0.326 e. The summed E-state index contributed by atoms with van der Waals surface area (Å²) in [7, 11) is 0. The Balaban J connectivity index is 2.05. The first kappa shape index (κ1) is 16.5. The molecule has 0 heterocycles. The Labute approximate surface area is 134 Å². The van der Waals surface area contributed by atoms with Crippen molar-refractivity contribution in [3.63, 3.8) is 0 Å². The van der Waals surface area contributed by atoms with Gasteiger partial charge in [-0.15, -0.1) is 0 Å². The molecule has 2 atom stereocenters. The first-order valence-corrected chi connectivity index (χ1v) is 7.33. The third-order valence-electron chi connectivity index (χ3n) is 3.68. The average Bonchev–Trinajstić information content (AvgIpc) is 2.56. The first-order chi connectivity index (χ1) is 11.0. The van der Waals surface area contributed by atoms with Gasteiger partial charge in [-0.05, 0) is 30.2 Å². The Morgan fingerprint density at radius 3 is 2.22 bits per heavy atom. The average molecular weight is 313 g/mol. The second-order valence-electron chi connectivity index (χ2n) is 5.40. The lowest BCUT2D eigenvalue weighted by Gasteiger charge is -2.18. The zero-order valence-corrected chi connectivity index (χ0v) is 12.8. The van der Waals surface area contributed by atoms with Crippen LogP contribution in [0.2, 0.25) is 0 Å². The number of phenolic OH excluding ortho intramolecular Hbond substituents is 1. The maximum absolute atomic E-state index is 12.3. The number of hydrogen-bond donors (Lipinski definition) is 3. The minimum absolute atomic E-state index is 0.113. The highest BCUT2D eigenvalue weighted by atomic mass is 16.4. The van der Waals surface area contributed by atoms with Crippen LogP contribution < -0.4 is 5.32 Å². The van der Waals surface area contributed by atoms with Crippen molar-refractivity contribution in [3.8, 4) is 5.75 Å². The third-order valence-corrected chi connectivity index (χ3v) is 3.68. The molecule has 0 aliphatic rings. The number of amides is 1. The van der Waals surface area contributed by atoms with E-state index in [1.807, 2.05) is 30.3 Å². The SMILES string of the molecule is CC(C(=O)N[C@@H](Cc1ccc(O)cc1)C(=O)O)c1ccccc1.